The van der Waals surface area contributed by atoms with Gasteiger partial charge < -0.3 is 0 Å². The number of hydrogen-bond donors (Lipinski definition) is 1. The first-order valence-electron chi connectivity index (χ1n) is 3.64. The molecule has 1 aromatic carbocycles. The monoisotopic (exact) mass is 285 g/mol. The van der Waals surface area contributed by atoms with Crippen LogP contribution in [0.5, 0.6) is 0 Å². The van der Waals surface area contributed by atoms with Gasteiger partial charge in [-0.25, -0.2) is 4.52 Å². The Bertz CT molecular complexity index is 420. The first-order chi connectivity index (χ1) is 7.04. The summed E-state index contributed by atoms with van der Waals surface area (Å²) in [7, 11) is -2.78. The van der Waals surface area contributed by atoms with Crippen molar-refractivity contribution in [1.82, 2.24) is 0 Å². The van der Waals surface area contributed by atoms with Gasteiger partial charge in [0.1, 0.15) is 0 Å². The molecular weight excluding hydrogens is 281 g/mol. The average Bonchev–Trinajstić information content (AvgIpc) is 2.14. The maximum Gasteiger partial charge on any atom is 0.747 e. The molecule has 1 atom stereocenters. The molecule has 0 spiro atoms. The topological polar surface area (TPSA) is 46.5 Å². The van der Waals surface area contributed by atoms with Gasteiger partial charge in [0.2, 0.25) is 5.76 Å². The van der Waals surface area contributed by atoms with Crippen LogP contribution in [0.4, 0.5) is 0 Å². The van der Waals surface area contributed by atoms with Gasteiger partial charge in [-0.3, -0.25) is 0 Å². The van der Waals surface area contributed by atoms with E-state index in [9.17, 15) is 4.57 Å². The summed E-state index contributed by atoms with van der Waals surface area (Å²) < 4.78 is 15.1. The Morgan fingerprint density at radius 3 is 2.60 bits per heavy atom. The van der Waals surface area contributed by atoms with Gasteiger partial charge in [0.05, 0.1) is 10.6 Å². The molecule has 3 nitrogen and oxygen atoms in total. The van der Waals surface area contributed by atoms with Crippen molar-refractivity contribution < 1.29 is 14.0 Å². The van der Waals surface area contributed by atoms with E-state index in [-0.39, 0.29) is 10.8 Å². The quantitative estimate of drug-likeness (QED) is 0.669. The summed E-state index contributed by atoms with van der Waals surface area (Å²) >= 11 is 17.0. The summed E-state index contributed by atoms with van der Waals surface area (Å²) in [6.07, 6.45) is 0. The van der Waals surface area contributed by atoms with Crippen molar-refractivity contribution in [2.24, 2.45) is 0 Å². The molecule has 15 heavy (non-hydrogen) atoms. The minimum absolute atomic E-state index is 0.0157. The minimum atomic E-state index is -2.78. The normalized spacial score (nSPS) is 12.5. The van der Waals surface area contributed by atoms with Crippen molar-refractivity contribution in [3.63, 3.8) is 0 Å². The predicted molar refractivity (Wildman–Crippen MR) is 61.2 cm³/mol. The van der Waals surface area contributed by atoms with Crippen LogP contribution in [0.3, 0.4) is 0 Å². The SMILES string of the molecule is O=[P+](O)OC(=CCl)c1ccc(Cl)cc1Cl. The van der Waals surface area contributed by atoms with Crippen LogP contribution in [0.1, 0.15) is 5.56 Å². The number of hydrogen-bond acceptors (Lipinski definition) is 2. The largest absolute Gasteiger partial charge is 0.747 e. The van der Waals surface area contributed by atoms with Gasteiger partial charge in [-0.2, -0.15) is 0 Å². The van der Waals surface area contributed by atoms with E-state index in [1.807, 2.05) is 0 Å². The Morgan fingerprint density at radius 1 is 1.47 bits per heavy atom. The number of halogens is 3. The van der Waals surface area contributed by atoms with Crippen molar-refractivity contribution >= 4 is 48.8 Å². The molecule has 80 valence electrons. The van der Waals surface area contributed by atoms with E-state index in [1.165, 1.54) is 12.1 Å². The van der Waals surface area contributed by atoms with Crippen molar-refractivity contribution in [2.75, 3.05) is 0 Å². The highest BCUT2D eigenvalue weighted by atomic mass is 35.5. The molecule has 1 rings (SSSR count). The zero-order valence-electron chi connectivity index (χ0n) is 7.15. The standard InChI is InChI=1S/C8H4Cl3O3P/c9-4-8(14-15(12)13)6-2-1-5(10)3-7(6)11/h1-4H/p+1. The van der Waals surface area contributed by atoms with Gasteiger partial charge >= 0.3 is 8.25 Å². The minimum Gasteiger partial charge on any atom is -0.228 e. The molecule has 0 aromatic heterocycles. The summed E-state index contributed by atoms with van der Waals surface area (Å²) in [6, 6.07) is 4.58. The Morgan fingerprint density at radius 2 is 2.13 bits per heavy atom. The first-order valence-corrected chi connectivity index (χ1v) is 5.96. The van der Waals surface area contributed by atoms with Gasteiger partial charge in [0.15, 0.2) is 0 Å². The van der Waals surface area contributed by atoms with E-state index in [2.05, 4.69) is 4.52 Å². The van der Waals surface area contributed by atoms with Crippen molar-refractivity contribution in [3.8, 4) is 0 Å². The number of rotatable bonds is 3. The molecule has 1 N–H and O–H groups in total. The number of benzene rings is 1. The summed E-state index contributed by atoms with van der Waals surface area (Å²) in [5, 5.41) is 0.734. The van der Waals surface area contributed by atoms with E-state index in [4.69, 9.17) is 39.7 Å². The predicted octanol–water partition coefficient (Wildman–Crippen LogP) is 4.20. The fraction of sp³-hybridized carbons (Fsp3) is 0. The van der Waals surface area contributed by atoms with Gasteiger partial charge in [0.25, 0.3) is 0 Å². The maximum atomic E-state index is 10.5. The molecule has 0 saturated carbocycles. The zero-order valence-corrected chi connectivity index (χ0v) is 10.3. The molecule has 0 saturated heterocycles. The van der Waals surface area contributed by atoms with Crippen LogP contribution in [0.25, 0.3) is 5.76 Å². The lowest BCUT2D eigenvalue weighted by Gasteiger charge is -2.02. The smallest absolute Gasteiger partial charge is 0.228 e. The molecule has 1 unspecified atom stereocenters. The molecule has 0 bridgehead atoms. The van der Waals surface area contributed by atoms with Crippen molar-refractivity contribution in [1.29, 1.82) is 0 Å². The van der Waals surface area contributed by atoms with E-state index >= 15 is 0 Å². The van der Waals surface area contributed by atoms with Crippen molar-refractivity contribution in [3.05, 3.63) is 39.3 Å². The first kappa shape index (κ1) is 12.8. The third kappa shape index (κ3) is 3.63. The molecule has 0 fully saturated rings. The average molecular weight is 286 g/mol. The maximum absolute atomic E-state index is 10.5. The molecular formula is C8H5Cl3O3P+. The second-order valence-electron chi connectivity index (χ2n) is 2.43. The Hall–Kier alpha value is -0.310. The Labute approximate surface area is 102 Å². The van der Waals surface area contributed by atoms with Gasteiger partial charge in [-0.15, -0.1) is 4.89 Å². The third-order valence-corrected chi connectivity index (χ3v) is 2.57. The van der Waals surface area contributed by atoms with Crippen LogP contribution in [0.2, 0.25) is 10.0 Å². The van der Waals surface area contributed by atoms with E-state index in [0.717, 1.165) is 5.54 Å². The zero-order chi connectivity index (χ0) is 11.4. The van der Waals surface area contributed by atoms with E-state index in [0.29, 0.717) is 10.6 Å². The van der Waals surface area contributed by atoms with Crippen LogP contribution in [-0.4, -0.2) is 4.89 Å². The van der Waals surface area contributed by atoms with Crippen LogP contribution in [-0.2, 0) is 9.09 Å². The summed E-state index contributed by atoms with van der Waals surface area (Å²) in [5.74, 6) is 0.0157. The summed E-state index contributed by atoms with van der Waals surface area (Å²) in [6.45, 7) is 0. The molecule has 0 amide bonds. The Balaban J connectivity index is 3.08. The van der Waals surface area contributed by atoms with Crippen molar-refractivity contribution in [2.45, 2.75) is 0 Å². The molecule has 0 aliphatic rings. The van der Waals surface area contributed by atoms with Gasteiger partial charge in [0, 0.05) is 15.2 Å². The fourth-order valence-electron chi connectivity index (χ4n) is 0.901. The second-order valence-corrected chi connectivity index (χ2v) is 4.15. The third-order valence-electron chi connectivity index (χ3n) is 1.47. The van der Waals surface area contributed by atoms with Crippen LogP contribution >= 0.6 is 43.1 Å². The lowest BCUT2D eigenvalue weighted by atomic mass is 10.2. The fourth-order valence-corrected chi connectivity index (χ4v) is 1.95. The highest BCUT2D eigenvalue weighted by Crippen LogP contribution is 2.33. The molecule has 0 aliphatic carbocycles. The highest BCUT2D eigenvalue weighted by Gasteiger charge is 2.20. The molecule has 0 heterocycles. The van der Waals surface area contributed by atoms with Gasteiger partial charge in [-0.05, 0) is 18.2 Å². The lowest BCUT2D eigenvalue weighted by Crippen LogP contribution is -1.86. The summed E-state index contributed by atoms with van der Waals surface area (Å²) in [4.78, 5) is 8.58. The van der Waals surface area contributed by atoms with E-state index in [1.54, 1.807) is 6.07 Å². The van der Waals surface area contributed by atoms with Crippen LogP contribution in [0.15, 0.2) is 23.7 Å². The molecule has 1 aromatic rings. The summed E-state index contributed by atoms with van der Waals surface area (Å²) in [5.41, 5.74) is 1.42. The molecule has 0 radical (unpaired) electrons. The molecule has 7 heteroatoms. The second kappa shape index (κ2) is 5.69. The molecule has 0 aliphatic heterocycles. The van der Waals surface area contributed by atoms with Gasteiger partial charge in [-0.1, -0.05) is 34.8 Å². The van der Waals surface area contributed by atoms with E-state index < -0.39 is 8.25 Å². The van der Waals surface area contributed by atoms with Crippen LogP contribution in [0, 0.1) is 0 Å². The highest BCUT2D eigenvalue weighted by molar-refractivity contribution is 7.32. The lowest BCUT2D eigenvalue weighted by molar-refractivity contribution is 0.393. The Kier molecular flexibility index (Phi) is 4.84. The van der Waals surface area contributed by atoms with Crippen LogP contribution < -0.4 is 0 Å².